The number of hydrogen-bond donors (Lipinski definition) is 2. The summed E-state index contributed by atoms with van der Waals surface area (Å²) in [5.74, 6) is -0.245. The molecule has 2 rings (SSSR count). The molecule has 1 aromatic carbocycles. The molecule has 5 nitrogen and oxygen atoms in total. The van der Waals surface area contributed by atoms with Gasteiger partial charge in [-0.3, -0.25) is 9.59 Å². The molecule has 2 aromatic rings. The number of benzene rings is 1. The molecule has 8 heteroatoms. The topological polar surface area (TPSA) is 71.3 Å². The first kappa shape index (κ1) is 27.1. The van der Waals surface area contributed by atoms with E-state index in [1.54, 1.807) is 6.26 Å². The highest BCUT2D eigenvalue weighted by Gasteiger charge is 2.22. The van der Waals surface area contributed by atoms with E-state index in [0.29, 0.717) is 30.4 Å². The van der Waals surface area contributed by atoms with E-state index in [-0.39, 0.29) is 23.4 Å². The van der Waals surface area contributed by atoms with Gasteiger partial charge in [-0.15, -0.1) is 11.8 Å². The van der Waals surface area contributed by atoms with Gasteiger partial charge in [0.15, 0.2) is 17.4 Å². The Balaban J connectivity index is 1.95. The molecule has 0 saturated heterocycles. The van der Waals surface area contributed by atoms with Crippen LogP contribution < -0.4 is 10.6 Å². The molecule has 182 valence electrons. The number of carbonyl (C=O) groups is 2. The molecule has 33 heavy (non-hydrogen) atoms. The molecule has 0 spiro atoms. The zero-order valence-electron chi connectivity index (χ0n) is 19.5. The summed E-state index contributed by atoms with van der Waals surface area (Å²) in [6, 6.07) is 6.26. The van der Waals surface area contributed by atoms with Gasteiger partial charge in [-0.05, 0) is 49.1 Å². The van der Waals surface area contributed by atoms with Gasteiger partial charge < -0.3 is 15.1 Å². The van der Waals surface area contributed by atoms with Gasteiger partial charge in [-0.25, -0.2) is 8.78 Å². The summed E-state index contributed by atoms with van der Waals surface area (Å²) in [6.45, 7) is 6.58. The molecular weight excluding hydrogens is 446 g/mol. The Morgan fingerprint density at radius 2 is 1.94 bits per heavy atom. The molecular formula is C25H34F2N2O3S. The van der Waals surface area contributed by atoms with E-state index >= 15 is 0 Å². The molecule has 0 fully saturated rings. The lowest BCUT2D eigenvalue weighted by molar-refractivity contribution is -0.118. The molecule has 2 N–H and O–H groups in total. The second kappa shape index (κ2) is 14.2. The molecule has 0 aliphatic heterocycles. The average Bonchev–Trinajstić information content (AvgIpc) is 3.28. The number of carbonyl (C=O) groups excluding carboxylic acids is 2. The van der Waals surface area contributed by atoms with Crippen molar-refractivity contribution < 1.29 is 22.8 Å². The number of nitrogens with one attached hydrogen (secondary N) is 2. The molecule has 0 aliphatic carbocycles. The summed E-state index contributed by atoms with van der Waals surface area (Å²) in [5.41, 5.74) is 0.0654. The Labute approximate surface area is 199 Å². The van der Waals surface area contributed by atoms with Crippen LogP contribution in [-0.4, -0.2) is 36.1 Å². The smallest absolute Gasteiger partial charge is 0.251 e. The predicted molar refractivity (Wildman–Crippen MR) is 128 cm³/mol. The van der Waals surface area contributed by atoms with Crippen molar-refractivity contribution in [3.05, 3.63) is 59.6 Å². The summed E-state index contributed by atoms with van der Waals surface area (Å²) >= 11 is 1.52. The zero-order valence-corrected chi connectivity index (χ0v) is 20.4. The van der Waals surface area contributed by atoms with E-state index < -0.39 is 17.5 Å². The van der Waals surface area contributed by atoms with Crippen LogP contribution in [0.5, 0.6) is 0 Å². The summed E-state index contributed by atoms with van der Waals surface area (Å²) in [7, 11) is 0. The van der Waals surface area contributed by atoms with Crippen molar-refractivity contribution in [3.63, 3.8) is 0 Å². The highest BCUT2D eigenvalue weighted by atomic mass is 32.2. The van der Waals surface area contributed by atoms with Gasteiger partial charge in [0, 0.05) is 18.2 Å². The largest absolute Gasteiger partial charge is 0.468 e. The zero-order chi connectivity index (χ0) is 24.2. The number of thioether (sulfide) groups is 1. The first-order chi connectivity index (χ1) is 15.8. The highest BCUT2D eigenvalue weighted by molar-refractivity contribution is 7.99. The molecule has 0 bridgehead atoms. The van der Waals surface area contributed by atoms with E-state index in [1.807, 2.05) is 26.0 Å². The number of unbranched alkanes of at least 4 members (excludes halogenated alkanes) is 1. The van der Waals surface area contributed by atoms with E-state index in [0.717, 1.165) is 37.2 Å². The van der Waals surface area contributed by atoms with Gasteiger partial charge in [0.1, 0.15) is 5.76 Å². The highest BCUT2D eigenvalue weighted by Crippen LogP contribution is 2.15. The normalized spacial score (nSPS) is 13.2. The number of amides is 1. The SMILES string of the molecule is CCCCC(NCC(CC(C)C)NC(=O)c1ccc(F)c(F)c1)C(=O)CSCc1ccco1. The molecule has 0 aliphatic rings. The minimum Gasteiger partial charge on any atom is -0.468 e. The van der Waals surface area contributed by atoms with Crippen molar-refractivity contribution >= 4 is 23.5 Å². The Hall–Kier alpha value is -2.19. The second-order valence-corrected chi connectivity index (χ2v) is 9.56. The van der Waals surface area contributed by atoms with Gasteiger partial charge >= 0.3 is 0 Å². The van der Waals surface area contributed by atoms with E-state index in [9.17, 15) is 18.4 Å². The number of furan rings is 1. The van der Waals surface area contributed by atoms with Crippen molar-refractivity contribution in [3.8, 4) is 0 Å². The van der Waals surface area contributed by atoms with E-state index in [1.165, 1.54) is 17.8 Å². The Morgan fingerprint density at radius 3 is 2.58 bits per heavy atom. The van der Waals surface area contributed by atoms with Crippen LogP contribution in [0.4, 0.5) is 8.78 Å². The summed E-state index contributed by atoms with van der Waals surface area (Å²) in [4.78, 5) is 25.4. The van der Waals surface area contributed by atoms with Gasteiger partial charge in [-0.2, -0.15) is 0 Å². The number of rotatable bonds is 15. The van der Waals surface area contributed by atoms with Crippen LogP contribution in [0, 0.1) is 17.6 Å². The molecule has 1 aromatic heterocycles. The van der Waals surface area contributed by atoms with Crippen LogP contribution >= 0.6 is 11.8 Å². The van der Waals surface area contributed by atoms with Crippen molar-refractivity contribution in [2.75, 3.05) is 12.3 Å². The van der Waals surface area contributed by atoms with Gasteiger partial charge in [0.25, 0.3) is 5.91 Å². The number of hydrogen-bond acceptors (Lipinski definition) is 5. The molecule has 1 heterocycles. The summed E-state index contributed by atoms with van der Waals surface area (Å²) < 4.78 is 32.0. The molecule has 2 unspecified atom stereocenters. The lowest BCUT2D eigenvalue weighted by Gasteiger charge is -2.25. The fraction of sp³-hybridized carbons (Fsp3) is 0.520. The van der Waals surface area contributed by atoms with E-state index in [4.69, 9.17) is 4.42 Å². The van der Waals surface area contributed by atoms with Crippen LogP contribution in [0.1, 0.15) is 62.6 Å². The molecule has 0 radical (unpaired) electrons. The fourth-order valence-electron chi connectivity index (χ4n) is 3.49. The maximum atomic E-state index is 13.5. The summed E-state index contributed by atoms with van der Waals surface area (Å²) in [5, 5.41) is 6.25. The Morgan fingerprint density at radius 1 is 1.15 bits per heavy atom. The fourth-order valence-corrected chi connectivity index (χ4v) is 4.36. The molecule has 1 amide bonds. The maximum Gasteiger partial charge on any atom is 0.251 e. The van der Waals surface area contributed by atoms with Crippen LogP contribution in [0.25, 0.3) is 0 Å². The first-order valence-corrected chi connectivity index (χ1v) is 12.6. The first-order valence-electron chi connectivity index (χ1n) is 11.4. The standard InChI is InChI=1S/C25H34F2N2O3S/c1-4-5-8-23(24(30)16-33-15-20-7-6-11-32-20)28-14-19(12-17(2)3)29-25(31)18-9-10-21(26)22(27)13-18/h6-7,9-11,13,17,19,23,28H,4-5,8,12,14-16H2,1-3H3,(H,29,31). The van der Waals surface area contributed by atoms with Crippen LogP contribution in [0.15, 0.2) is 41.0 Å². The minimum atomic E-state index is -1.06. The molecule has 0 saturated carbocycles. The number of ketones is 1. The third-order valence-corrected chi connectivity index (χ3v) is 6.16. The minimum absolute atomic E-state index is 0.0654. The monoisotopic (exact) mass is 480 g/mol. The van der Waals surface area contributed by atoms with Crippen molar-refractivity contribution in [2.24, 2.45) is 5.92 Å². The van der Waals surface area contributed by atoms with Crippen LogP contribution in [-0.2, 0) is 10.5 Å². The summed E-state index contributed by atoms with van der Waals surface area (Å²) in [6.07, 6.45) is 4.93. The van der Waals surface area contributed by atoms with E-state index in [2.05, 4.69) is 17.6 Å². The van der Waals surface area contributed by atoms with Crippen molar-refractivity contribution in [2.45, 2.75) is 64.3 Å². The molecule has 2 atom stereocenters. The lowest BCUT2D eigenvalue weighted by Crippen LogP contribution is -2.48. The number of Topliss-reactive ketones (excluding diaryl/α,β-unsaturated/α-hetero) is 1. The average molecular weight is 481 g/mol. The second-order valence-electron chi connectivity index (χ2n) is 8.57. The van der Waals surface area contributed by atoms with Crippen molar-refractivity contribution in [1.82, 2.24) is 10.6 Å². The predicted octanol–water partition coefficient (Wildman–Crippen LogP) is 5.35. The third kappa shape index (κ3) is 9.68. The Kier molecular flexibility index (Phi) is 11.6. The van der Waals surface area contributed by atoms with Crippen molar-refractivity contribution in [1.29, 1.82) is 0 Å². The number of halogens is 2. The van der Waals surface area contributed by atoms with Crippen LogP contribution in [0.3, 0.4) is 0 Å². The van der Waals surface area contributed by atoms with Gasteiger partial charge in [-0.1, -0.05) is 33.6 Å². The van der Waals surface area contributed by atoms with Gasteiger partial charge in [0.05, 0.1) is 23.8 Å². The quantitative estimate of drug-likeness (QED) is 0.359. The lowest BCUT2D eigenvalue weighted by atomic mass is 10.0. The maximum absolute atomic E-state index is 13.5. The Bertz CT molecular complexity index is 875. The third-order valence-electron chi connectivity index (χ3n) is 5.19. The van der Waals surface area contributed by atoms with Gasteiger partial charge in [0.2, 0.25) is 0 Å². The van der Waals surface area contributed by atoms with Crippen LogP contribution in [0.2, 0.25) is 0 Å².